The van der Waals surface area contributed by atoms with Crippen LogP contribution in [0.2, 0.25) is 0 Å². The molecule has 0 aliphatic carbocycles. The third-order valence-electron chi connectivity index (χ3n) is 6.28. The van der Waals surface area contributed by atoms with Gasteiger partial charge in [-0.2, -0.15) is 0 Å². The maximum absolute atomic E-state index is 6.51. The largest absolute Gasteiger partial charge is 0.492 e. The fourth-order valence-corrected chi connectivity index (χ4v) is 4.85. The second-order valence-electron chi connectivity index (χ2n) is 9.52. The summed E-state index contributed by atoms with van der Waals surface area (Å²) < 4.78 is 6.51. The van der Waals surface area contributed by atoms with E-state index in [1.807, 2.05) is 12.4 Å². The maximum Gasteiger partial charge on any atom is 0.137 e. The molecule has 4 rings (SSSR count). The van der Waals surface area contributed by atoms with Crippen LogP contribution >= 0.6 is 0 Å². The average Bonchev–Trinajstić information content (AvgIpc) is 2.77. The number of hydrogen-bond acceptors (Lipinski definition) is 3. The van der Waals surface area contributed by atoms with Crippen molar-refractivity contribution in [3.63, 3.8) is 0 Å². The fraction of sp³-hybridized carbons (Fsp3) is 0.367. The van der Waals surface area contributed by atoms with Crippen LogP contribution in [0, 0.1) is 27.7 Å². The van der Waals surface area contributed by atoms with Crippen molar-refractivity contribution in [2.75, 3.05) is 13.2 Å². The van der Waals surface area contributed by atoms with E-state index in [0.29, 0.717) is 12.6 Å². The topological polar surface area (TPSA) is 34.1 Å². The highest BCUT2D eigenvalue weighted by molar-refractivity contribution is 5.80. The van der Waals surface area contributed by atoms with E-state index in [0.717, 1.165) is 35.4 Å². The Morgan fingerprint density at radius 1 is 0.879 bits per heavy atom. The monoisotopic (exact) mass is 440 g/mol. The van der Waals surface area contributed by atoms with Gasteiger partial charge in [0.05, 0.1) is 6.61 Å². The maximum atomic E-state index is 6.51. The Labute approximate surface area is 198 Å². The number of aryl methyl sites for hydroxylation is 4. The van der Waals surface area contributed by atoms with Crippen LogP contribution in [0.5, 0.6) is 5.75 Å². The smallest absolute Gasteiger partial charge is 0.137 e. The van der Waals surface area contributed by atoms with Gasteiger partial charge in [-0.1, -0.05) is 71.1 Å². The summed E-state index contributed by atoms with van der Waals surface area (Å²) in [5.41, 5.74) is 9.47. The van der Waals surface area contributed by atoms with Crippen molar-refractivity contribution < 1.29 is 4.74 Å². The number of piperidine rings is 1. The Morgan fingerprint density at radius 2 is 1.58 bits per heavy atom. The summed E-state index contributed by atoms with van der Waals surface area (Å²) >= 11 is 0. The molecule has 0 bridgehead atoms. The van der Waals surface area contributed by atoms with Gasteiger partial charge in [0.25, 0.3) is 0 Å². The van der Waals surface area contributed by atoms with Crippen LogP contribution in [0.15, 0.2) is 48.8 Å². The highest BCUT2D eigenvalue weighted by atomic mass is 16.5. The first-order valence-electron chi connectivity index (χ1n) is 12.2. The summed E-state index contributed by atoms with van der Waals surface area (Å²) in [5.74, 6) is 0.923. The number of nitrogens with one attached hydrogen (secondary N) is 1. The normalized spacial score (nSPS) is 16.3. The molecule has 1 N–H and O–H groups in total. The van der Waals surface area contributed by atoms with Crippen LogP contribution in [0.3, 0.4) is 0 Å². The van der Waals surface area contributed by atoms with Gasteiger partial charge in [0.1, 0.15) is 5.75 Å². The first-order chi connectivity index (χ1) is 16.0. The number of nitrogens with zero attached hydrogens (tertiary/aromatic N) is 1. The van der Waals surface area contributed by atoms with Gasteiger partial charge in [0.2, 0.25) is 0 Å². The first-order valence-corrected chi connectivity index (χ1v) is 12.2. The second kappa shape index (κ2) is 10.8. The molecule has 0 radical (unpaired) electrons. The Morgan fingerprint density at radius 3 is 2.24 bits per heavy atom. The zero-order chi connectivity index (χ0) is 23.2. The van der Waals surface area contributed by atoms with E-state index in [1.54, 1.807) is 0 Å². The quantitative estimate of drug-likeness (QED) is 0.427. The first kappa shape index (κ1) is 23.3. The van der Waals surface area contributed by atoms with Gasteiger partial charge in [-0.05, 0) is 70.7 Å². The molecule has 0 saturated carbocycles. The molecule has 1 fully saturated rings. The third-order valence-corrected chi connectivity index (χ3v) is 6.28. The zero-order valence-corrected chi connectivity index (χ0v) is 20.4. The molecule has 3 aromatic rings. The SMILES string of the molecule is Cc1cc(C)cc(/C=C/c2cncc(-c3cc(C)cc(C)c3)c2OCCC2CCCCN2)c1. The van der Waals surface area contributed by atoms with E-state index >= 15 is 0 Å². The van der Waals surface area contributed by atoms with Crippen molar-refractivity contribution >= 4 is 12.2 Å². The van der Waals surface area contributed by atoms with Gasteiger partial charge in [0, 0.05) is 29.6 Å². The van der Waals surface area contributed by atoms with Crippen molar-refractivity contribution in [2.24, 2.45) is 0 Å². The lowest BCUT2D eigenvalue weighted by atomic mass is 9.99. The van der Waals surface area contributed by atoms with Crippen LogP contribution in [0.25, 0.3) is 23.3 Å². The molecule has 1 unspecified atom stereocenters. The summed E-state index contributed by atoms with van der Waals surface area (Å²) in [6.45, 7) is 10.4. The molecule has 172 valence electrons. The number of aromatic nitrogens is 1. The van der Waals surface area contributed by atoms with Crippen molar-refractivity contribution in [2.45, 2.75) is 59.4 Å². The van der Waals surface area contributed by atoms with Crippen LogP contribution in [0.1, 0.15) is 59.1 Å². The Hall–Kier alpha value is -2.91. The summed E-state index contributed by atoms with van der Waals surface area (Å²) in [6, 6.07) is 13.8. The highest BCUT2D eigenvalue weighted by Crippen LogP contribution is 2.35. The van der Waals surface area contributed by atoms with Crippen molar-refractivity contribution in [1.82, 2.24) is 10.3 Å². The Bertz CT molecular complexity index is 1090. The summed E-state index contributed by atoms with van der Waals surface area (Å²) in [4.78, 5) is 4.58. The molecule has 1 saturated heterocycles. The lowest BCUT2D eigenvalue weighted by molar-refractivity contribution is 0.268. The minimum absolute atomic E-state index is 0.555. The Balaban J connectivity index is 1.66. The summed E-state index contributed by atoms with van der Waals surface area (Å²) in [5, 5.41) is 3.63. The third kappa shape index (κ3) is 6.33. The molecule has 3 nitrogen and oxygen atoms in total. The van der Waals surface area contributed by atoms with Crippen molar-refractivity contribution in [1.29, 1.82) is 0 Å². The number of benzene rings is 2. The zero-order valence-electron chi connectivity index (χ0n) is 20.4. The van der Waals surface area contributed by atoms with E-state index in [2.05, 4.69) is 86.5 Å². The number of hydrogen-bond donors (Lipinski definition) is 1. The molecule has 1 aliphatic heterocycles. The summed E-state index contributed by atoms with van der Waals surface area (Å²) in [6.07, 6.45) is 13.0. The van der Waals surface area contributed by atoms with E-state index in [9.17, 15) is 0 Å². The van der Waals surface area contributed by atoms with Gasteiger partial charge >= 0.3 is 0 Å². The molecule has 1 aromatic heterocycles. The lowest BCUT2D eigenvalue weighted by Crippen LogP contribution is -2.35. The molecule has 0 spiro atoms. The lowest BCUT2D eigenvalue weighted by Gasteiger charge is -2.24. The molecule has 0 amide bonds. The molecular weight excluding hydrogens is 404 g/mol. The number of rotatable bonds is 7. The number of pyridine rings is 1. The second-order valence-corrected chi connectivity index (χ2v) is 9.52. The molecule has 1 aliphatic rings. The van der Waals surface area contributed by atoms with Gasteiger partial charge in [0.15, 0.2) is 0 Å². The van der Waals surface area contributed by atoms with Crippen molar-refractivity contribution in [3.8, 4) is 16.9 Å². The number of ether oxygens (including phenoxy) is 1. The van der Waals surface area contributed by atoms with E-state index in [1.165, 1.54) is 47.1 Å². The van der Waals surface area contributed by atoms with Crippen LogP contribution in [0.4, 0.5) is 0 Å². The fourth-order valence-electron chi connectivity index (χ4n) is 4.85. The highest BCUT2D eigenvalue weighted by Gasteiger charge is 2.15. The minimum Gasteiger partial charge on any atom is -0.492 e. The predicted octanol–water partition coefficient (Wildman–Crippen LogP) is 7.06. The predicted molar refractivity (Wildman–Crippen MR) is 140 cm³/mol. The molecule has 2 aromatic carbocycles. The summed E-state index contributed by atoms with van der Waals surface area (Å²) in [7, 11) is 0. The Kier molecular flexibility index (Phi) is 7.61. The molecule has 1 atom stereocenters. The van der Waals surface area contributed by atoms with Gasteiger partial charge in [-0.15, -0.1) is 0 Å². The van der Waals surface area contributed by atoms with Crippen molar-refractivity contribution in [3.05, 3.63) is 82.2 Å². The average molecular weight is 441 g/mol. The van der Waals surface area contributed by atoms with Crippen LogP contribution < -0.4 is 10.1 Å². The molecule has 2 heterocycles. The van der Waals surface area contributed by atoms with E-state index in [4.69, 9.17) is 4.74 Å². The minimum atomic E-state index is 0.555. The van der Waals surface area contributed by atoms with Gasteiger partial charge in [-0.3, -0.25) is 4.98 Å². The van der Waals surface area contributed by atoms with Crippen LogP contribution in [-0.4, -0.2) is 24.2 Å². The van der Waals surface area contributed by atoms with Gasteiger partial charge in [-0.25, -0.2) is 0 Å². The van der Waals surface area contributed by atoms with E-state index < -0.39 is 0 Å². The van der Waals surface area contributed by atoms with E-state index in [-0.39, 0.29) is 0 Å². The van der Waals surface area contributed by atoms with Crippen LogP contribution in [-0.2, 0) is 0 Å². The standard InChI is InChI=1S/C30H36N2O/c1-21-13-22(2)16-25(15-21)8-9-26-19-31-20-29(27-17-23(3)14-24(4)18-27)30(26)33-12-10-28-7-5-6-11-32-28/h8-9,13-20,28,32H,5-7,10-12H2,1-4H3/b9-8+. The molecular formula is C30H36N2O. The molecule has 3 heteroatoms. The molecule has 33 heavy (non-hydrogen) atoms. The van der Waals surface area contributed by atoms with Gasteiger partial charge < -0.3 is 10.1 Å².